The molecule has 8 nitrogen and oxygen atoms in total. The molecule has 0 spiro atoms. The molecule has 4 rings (SSSR count). The Balaban J connectivity index is 1.57. The Morgan fingerprint density at radius 3 is 2.84 bits per heavy atom. The third kappa shape index (κ3) is 4.49. The highest BCUT2D eigenvalue weighted by atomic mass is 16.3. The van der Waals surface area contributed by atoms with Crippen molar-refractivity contribution in [3.8, 4) is 17.2 Å². The number of hydrogen-bond donors (Lipinski definition) is 3. The molecule has 2 heterocycles. The van der Waals surface area contributed by atoms with Gasteiger partial charge in [-0.2, -0.15) is 10.4 Å². The summed E-state index contributed by atoms with van der Waals surface area (Å²) in [5.41, 5.74) is 4.35. The van der Waals surface area contributed by atoms with Gasteiger partial charge in [0.2, 0.25) is 0 Å². The zero-order valence-electron chi connectivity index (χ0n) is 17.5. The molecule has 8 heteroatoms. The Morgan fingerprint density at radius 2 is 2.09 bits per heavy atom. The summed E-state index contributed by atoms with van der Waals surface area (Å²) in [7, 11) is 1.86. The largest absolute Gasteiger partial charge is 0.395 e. The zero-order chi connectivity index (χ0) is 22.5. The number of aliphatic hydroxyl groups is 1. The van der Waals surface area contributed by atoms with Crippen molar-refractivity contribution in [3.05, 3.63) is 77.7 Å². The van der Waals surface area contributed by atoms with E-state index in [1.54, 1.807) is 35.1 Å². The molecule has 32 heavy (non-hydrogen) atoms. The molecule has 0 saturated carbocycles. The summed E-state index contributed by atoms with van der Waals surface area (Å²) in [5.74, 6) is -0.395. The van der Waals surface area contributed by atoms with Crippen LogP contribution in [-0.4, -0.2) is 38.9 Å². The van der Waals surface area contributed by atoms with Gasteiger partial charge in [0.05, 0.1) is 23.4 Å². The molecule has 0 aliphatic rings. The van der Waals surface area contributed by atoms with Crippen molar-refractivity contribution in [2.45, 2.75) is 6.54 Å². The van der Waals surface area contributed by atoms with Gasteiger partial charge in [0.15, 0.2) is 0 Å². The van der Waals surface area contributed by atoms with Gasteiger partial charge in [-0.3, -0.25) is 14.5 Å². The fourth-order valence-electron chi connectivity index (χ4n) is 3.49. The third-order valence-electron chi connectivity index (χ3n) is 5.03. The van der Waals surface area contributed by atoms with Gasteiger partial charge in [-0.15, -0.1) is 0 Å². The SMILES string of the molecule is Cn1cc2ccc(-c3cccc(NC(=O)c4ccc(CNCCO)cn4)c3C#N)cc2n1. The van der Waals surface area contributed by atoms with Crippen molar-refractivity contribution in [2.24, 2.45) is 7.05 Å². The second-order valence-electron chi connectivity index (χ2n) is 7.32. The number of aryl methyl sites for hydroxylation is 1. The van der Waals surface area contributed by atoms with E-state index in [0.29, 0.717) is 24.3 Å². The number of aliphatic hydroxyl groups excluding tert-OH is 1. The lowest BCUT2D eigenvalue weighted by Crippen LogP contribution is -2.18. The average molecular weight is 426 g/mol. The number of nitrogens with one attached hydrogen (secondary N) is 2. The maximum Gasteiger partial charge on any atom is 0.274 e. The standard InChI is InChI=1S/C24H22N6O2/c1-30-15-18-7-6-17(11-23(18)29-30)19-3-2-4-21(20(19)12-25)28-24(32)22-8-5-16(14-27-22)13-26-9-10-31/h2-8,11,14-15,26,31H,9-10,13H2,1H3,(H,28,32). The van der Waals surface area contributed by atoms with Crippen LogP contribution in [0.25, 0.3) is 22.0 Å². The number of carbonyl (C=O) groups excluding carboxylic acids is 1. The number of nitriles is 1. The predicted molar refractivity (Wildman–Crippen MR) is 122 cm³/mol. The minimum Gasteiger partial charge on any atom is -0.395 e. The van der Waals surface area contributed by atoms with E-state index in [2.05, 4.69) is 26.8 Å². The Kier molecular flexibility index (Phi) is 6.22. The summed E-state index contributed by atoms with van der Waals surface area (Å²) in [6.45, 7) is 1.10. The van der Waals surface area contributed by atoms with E-state index < -0.39 is 5.91 Å². The lowest BCUT2D eigenvalue weighted by atomic mass is 9.98. The number of carbonyl (C=O) groups is 1. The molecule has 0 atom stereocenters. The summed E-state index contributed by atoms with van der Waals surface area (Å²) in [6, 6.07) is 16.9. The van der Waals surface area contributed by atoms with Crippen LogP contribution in [0.2, 0.25) is 0 Å². The van der Waals surface area contributed by atoms with Gasteiger partial charge in [-0.1, -0.05) is 30.3 Å². The quantitative estimate of drug-likeness (QED) is 0.391. The van der Waals surface area contributed by atoms with Gasteiger partial charge >= 0.3 is 0 Å². The molecule has 4 aromatic rings. The number of aromatic nitrogens is 3. The number of nitrogens with zero attached hydrogens (tertiary/aromatic N) is 4. The van der Waals surface area contributed by atoms with Crippen LogP contribution in [0.15, 0.2) is 60.9 Å². The van der Waals surface area contributed by atoms with E-state index in [0.717, 1.165) is 27.6 Å². The molecule has 0 fully saturated rings. The number of rotatable bonds is 7. The van der Waals surface area contributed by atoms with Gasteiger partial charge in [-0.05, 0) is 29.3 Å². The predicted octanol–water partition coefficient (Wildman–Crippen LogP) is 2.84. The molecular weight excluding hydrogens is 404 g/mol. The first-order chi connectivity index (χ1) is 15.6. The maximum absolute atomic E-state index is 12.7. The molecule has 0 unspecified atom stereocenters. The molecule has 0 aliphatic carbocycles. The number of anilines is 1. The molecule has 0 bridgehead atoms. The summed E-state index contributed by atoms with van der Waals surface area (Å²) in [6.07, 6.45) is 3.55. The summed E-state index contributed by atoms with van der Waals surface area (Å²) < 4.78 is 1.75. The van der Waals surface area contributed by atoms with E-state index in [-0.39, 0.29) is 12.3 Å². The summed E-state index contributed by atoms with van der Waals surface area (Å²) in [5, 5.41) is 30.0. The van der Waals surface area contributed by atoms with Crippen LogP contribution in [0.4, 0.5) is 5.69 Å². The molecule has 160 valence electrons. The van der Waals surface area contributed by atoms with Crippen molar-refractivity contribution < 1.29 is 9.90 Å². The van der Waals surface area contributed by atoms with E-state index in [4.69, 9.17) is 5.11 Å². The van der Waals surface area contributed by atoms with Crippen LogP contribution in [-0.2, 0) is 13.6 Å². The van der Waals surface area contributed by atoms with Crippen LogP contribution in [0.5, 0.6) is 0 Å². The van der Waals surface area contributed by atoms with Gasteiger partial charge in [0.25, 0.3) is 5.91 Å². The normalized spacial score (nSPS) is 10.8. The minimum atomic E-state index is -0.395. The highest BCUT2D eigenvalue weighted by Gasteiger charge is 2.15. The molecular formula is C24H22N6O2. The number of pyridine rings is 1. The highest BCUT2D eigenvalue weighted by Crippen LogP contribution is 2.30. The van der Waals surface area contributed by atoms with Crippen molar-refractivity contribution >= 4 is 22.5 Å². The third-order valence-corrected chi connectivity index (χ3v) is 5.03. The topological polar surface area (TPSA) is 116 Å². The second-order valence-corrected chi connectivity index (χ2v) is 7.32. The first-order valence-electron chi connectivity index (χ1n) is 10.1. The van der Waals surface area contributed by atoms with Crippen molar-refractivity contribution in [3.63, 3.8) is 0 Å². The Bertz CT molecular complexity index is 1300. The summed E-state index contributed by atoms with van der Waals surface area (Å²) in [4.78, 5) is 17.0. The Labute approximate surface area is 185 Å². The van der Waals surface area contributed by atoms with Gasteiger partial charge in [0, 0.05) is 43.5 Å². The van der Waals surface area contributed by atoms with Crippen LogP contribution < -0.4 is 10.6 Å². The van der Waals surface area contributed by atoms with Crippen molar-refractivity contribution in [1.29, 1.82) is 5.26 Å². The van der Waals surface area contributed by atoms with Gasteiger partial charge < -0.3 is 15.7 Å². The molecule has 0 aliphatic heterocycles. The van der Waals surface area contributed by atoms with Crippen LogP contribution in [0.3, 0.4) is 0 Å². The van der Waals surface area contributed by atoms with E-state index in [1.807, 2.05) is 37.5 Å². The summed E-state index contributed by atoms with van der Waals surface area (Å²) >= 11 is 0. The smallest absolute Gasteiger partial charge is 0.274 e. The molecule has 2 aromatic carbocycles. The van der Waals surface area contributed by atoms with Gasteiger partial charge in [-0.25, -0.2) is 0 Å². The van der Waals surface area contributed by atoms with Crippen molar-refractivity contribution in [2.75, 3.05) is 18.5 Å². The van der Waals surface area contributed by atoms with E-state index in [1.165, 1.54) is 0 Å². The van der Waals surface area contributed by atoms with Crippen molar-refractivity contribution in [1.82, 2.24) is 20.1 Å². The highest BCUT2D eigenvalue weighted by molar-refractivity contribution is 6.04. The molecule has 1 amide bonds. The number of benzene rings is 2. The number of hydrogen-bond acceptors (Lipinski definition) is 6. The fraction of sp³-hybridized carbons (Fsp3) is 0.167. The van der Waals surface area contributed by atoms with Gasteiger partial charge in [0.1, 0.15) is 11.8 Å². The lowest BCUT2D eigenvalue weighted by Gasteiger charge is -2.11. The van der Waals surface area contributed by atoms with Crippen LogP contribution in [0, 0.1) is 11.3 Å². The maximum atomic E-state index is 12.7. The lowest BCUT2D eigenvalue weighted by molar-refractivity contribution is 0.102. The first kappa shape index (κ1) is 21.2. The Hall–Kier alpha value is -4.06. The number of amides is 1. The molecule has 3 N–H and O–H groups in total. The van der Waals surface area contributed by atoms with E-state index in [9.17, 15) is 10.1 Å². The second kappa shape index (κ2) is 9.39. The van der Waals surface area contributed by atoms with Crippen LogP contribution in [0.1, 0.15) is 21.6 Å². The number of fused-ring (bicyclic) bond motifs is 1. The van der Waals surface area contributed by atoms with E-state index >= 15 is 0 Å². The molecule has 0 saturated heterocycles. The average Bonchev–Trinajstić information content (AvgIpc) is 3.18. The molecule has 0 radical (unpaired) electrons. The first-order valence-corrected chi connectivity index (χ1v) is 10.1. The van der Waals surface area contributed by atoms with Crippen LogP contribution >= 0.6 is 0 Å². The fourth-order valence-corrected chi connectivity index (χ4v) is 3.49. The zero-order valence-corrected chi connectivity index (χ0v) is 17.5. The monoisotopic (exact) mass is 426 g/mol. The molecule has 2 aromatic heterocycles. The Morgan fingerprint density at radius 1 is 1.22 bits per heavy atom. The minimum absolute atomic E-state index is 0.0594.